The zero-order valence-corrected chi connectivity index (χ0v) is 29.7. The van der Waals surface area contributed by atoms with Gasteiger partial charge in [0.2, 0.25) is 21.8 Å². The van der Waals surface area contributed by atoms with E-state index in [4.69, 9.17) is 9.47 Å². The van der Waals surface area contributed by atoms with Gasteiger partial charge in [-0.25, -0.2) is 13.2 Å². The molecule has 1 aromatic heterocycles. The summed E-state index contributed by atoms with van der Waals surface area (Å²) in [4.78, 5) is 57.4. The van der Waals surface area contributed by atoms with E-state index in [1.54, 1.807) is 33.1 Å². The number of benzene rings is 1. The van der Waals surface area contributed by atoms with Gasteiger partial charge >= 0.3 is 6.09 Å². The molecule has 5 atom stereocenters. The van der Waals surface area contributed by atoms with Gasteiger partial charge < -0.3 is 25.0 Å². The van der Waals surface area contributed by atoms with E-state index in [9.17, 15) is 27.6 Å². The molecular formula is C34H44N8O8S. The second kappa shape index (κ2) is 14.4. The fourth-order valence-corrected chi connectivity index (χ4v) is 7.97. The molecule has 2 aromatic rings. The maximum absolute atomic E-state index is 14.2. The highest BCUT2D eigenvalue weighted by Gasteiger charge is 2.62. The Labute approximate surface area is 296 Å². The van der Waals surface area contributed by atoms with Gasteiger partial charge in [0, 0.05) is 23.9 Å². The lowest BCUT2D eigenvalue weighted by atomic mass is 10.0. The zero-order valence-electron chi connectivity index (χ0n) is 28.9. The van der Waals surface area contributed by atoms with Crippen molar-refractivity contribution in [2.45, 2.75) is 87.6 Å². The molecule has 0 unspecified atom stereocenters. The Balaban J connectivity index is 1.32. The third-order valence-electron chi connectivity index (χ3n) is 9.88. The highest BCUT2D eigenvalue weighted by molar-refractivity contribution is 7.91. The number of carbonyl (C=O) groups excluding carboxylic acids is 4. The van der Waals surface area contributed by atoms with Crippen LogP contribution in [0.2, 0.25) is 0 Å². The van der Waals surface area contributed by atoms with E-state index >= 15 is 0 Å². The molecular weight excluding hydrogens is 680 g/mol. The molecule has 1 aromatic carbocycles. The molecule has 274 valence electrons. The number of cyclic esters (lactones) is 1. The van der Waals surface area contributed by atoms with Crippen molar-refractivity contribution < 1.29 is 37.1 Å². The molecule has 51 heavy (non-hydrogen) atoms. The molecule has 3 fully saturated rings. The first-order valence-corrected chi connectivity index (χ1v) is 18.8. The predicted molar refractivity (Wildman–Crippen MR) is 184 cm³/mol. The fourth-order valence-electron chi connectivity index (χ4n) is 6.61. The van der Waals surface area contributed by atoms with Gasteiger partial charge in [-0.05, 0) is 74.3 Å². The first kappa shape index (κ1) is 36.0. The number of nitrogens with one attached hydrogen (secondary N) is 3. The van der Waals surface area contributed by atoms with Crippen molar-refractivity contribution in [2.75, 3.05) is 20.3 Å². The van der Waals surface area contributed by atoms with Crippen molar-refractivity contribution in [1.29, 1.82) is 0 Å². The summed E-state index contributed by atoms with van der Waals surface area (Å²) < 4.78 is 38.4. The molecule has 0 spiro atoms. The second-order valence-corrected chi connectivity index (χ2v) is 15.8. The molecule has 4 aliphatic rings. The number of hydrogen-bond acceptors (Lipinski definition) is 11. The molecule has 2 aliphatic heterocycles. The highest BCUT2D eigenvalue weighted by Crippen LogP contribution is 2.46. The average molecular weight is 725 g/mol. The number of rotatable bonds is 8. The minimum Gasteiger partial charge on any atom is -0.496 e. The summed E-state index contributed by atoms with van der Waals surface area (Å²) in [6.07, 6.45) is 7.90. The van der Waals surface area contributed by atoms with Crippen molar-refractivity contribution >= 4 is 39.9 Å². The summed E-state index contributed by atoms with van der Waals surface area (Å²) in [5, 5.41) is 18.0. The maximum atomic E-state index is 14.2. The average Bonchev–Trinajstić information content (AvgIpc) is 3.98. The van der Waals surface area contributed by atoms with Crippen LogP contribution in [0.25, 0.3) is 11.8 Å². The number of sulfonamides is 1. The standard InChI is InChI=1S/C34H44N8O8S/c1-5-23-18-34(23,32(45)39-51(47,48)25-12-13-25)36-30(43)26-17-22-19-41(26)31(44)28(20(2)3)35-33(46)50-15-9-7-6-8-10-21-16-24(11-14-27(21)49-4)42-38-29(22)37-40-42/h5,8,10-11,14,16,20,22-23,25-26,28H,1,6-7,9,12-13,15,17-19H2,2-4H3,(H,35,46)(H,36,43)(H,39,45)/b10-8+/t22-,23-,26+,28+,34-/m1/s1. The van der Waals surface area contributed by atoms with Gasteiger partial charge in [0.15, 0.2) is 5.82 Å². The first-order valence-electron chi connectivity index (χ1n) is 17.3. The van der Waals surface area contributed by atoms with E-state index < -0.39 is 68.5 Å². The van der Waals surface area contributed by atoms with Gasteiger partial charge in [-0.1, -0.05) is 32.1 Å². The molecule has 3 N–H and O–H groups in total. The minimum absolute atomic E-state index is 0.0132. The maximum Gasteiger partial charge on any atom is 0.407 e. The number of ether oxygens (including phenoxy) is 2. The molecule has 1 saturated heterocycles. The van der Waals surface area contributed by atoms with Gasteiger partial charge in [-0.15, -0.1) is 21.6 Å². The largest absolute Gasteiger partial charge is 0.496 e. The van der Waals surface area contributed by atoms with E-state index in [2.05, 4.69) is 37.3 Å². The van der Waals surface area contributed by atoms with Crippen LogP contribution >= 0.6 is 0 Å². The van der Waals surface area contributed by atoms with Gasteiger partial charge in [0.25, 0.3) is 5.91 Å². The summed E-state index contributed by atoms with van der Waals surface area (Å²) in [7, 11) is -2.31. The van der Waals surface area contributed by atoms with Crippen LogP contribution in [0.3, 0.4) is 0 Å². The number of nitrogens with zero attached hydrogens (tertiary/aromatic N) is 5. The highest BCUT2D eigenvalue weighted by atomic mass is 32.2. The first-order chi connectivity index (χ1) is 24.4. The van der Waals surface area contributed by atoms with Crippen LogP contribution in [0.15, 0.2) is 36.9 Å². The molecule has 16 nitrogen and oxygen atoms in total. The molecule has 2 aliphatic carbocycles. The van der Waals surface area contributed by atoms with Crippen molar-refractivity contribution in [3.8, 4) is 11.4 Å². The Kier molecular flexibility index (Phi) is 10.2. The Morgan fingerprint density at radius 3 is 2.69 bits per heavy atom. The quantitative estimate of drug-likeness (QED) is 0.336. The summed E-state index contributed by atoms with van der Waals surface area (Å²) in [5.41, 5.74) is -0.120. The lowest BCUT2D eigenvalue weighted by Gasteiger charge is -2.31. The third-order valence-corrected chi connectivity index (χ3v) is 11.7. The van der Waals surface area contributed by atoms with Crippen LogP contribution in [-0.2, 0) is 29.1 Å². The molecule has 3 heterocycles. The molecule has 6 bridgehead atoms. The van der Waals surface area contributed by atoms with E-state index in [0.717, 1.165) is 18.4 Å². The van der Waals surface area contributed by atoms with E-state index in [-0.39, 0.29) is 37.7 Å². The molecule has 2 saturated carbocycles. The van der Waals surface area contributed by atoms with Crippen LogP contribution < -0.4 is 20.1 Å². The van der Waals surface area contributed by atoms with Gasteiger partial charge in [-0.3, -0.25) is 19.1 Å². The van der Waals surface area contributed by atoms with E-state index in [1.165, 1.54) is 15.8 Å². The molecule has 6 rings (SSSR count). The van der Waals surface area contributed by atoms with Crippen LogP contribution in [-0.4, -0.2) is 100 Å². The SMILES string of the molecule is C=C[C@@H]1C[C@]1(NC(=O)[C@@H]1C[C@@H]2CN1C(=O)[C@H](C(C)C)NC(=O)OCCCC/C=C/c1cc(ccc1OC)-n1nnc2n1)C(=O)NS(=O)(=O)C1CC1. The predicted octanol–water partition coefficient (Wildman–Crippen LogP) is 1.97. The molecule has 17 heteroatoms. The lowest BCUT2D eigenvalue weighted by Crippen LogP contribution is -2.59. The fraction of sp³-hybridized carbons (Fsp3) is 0.559. The Bertz CT molecular complexity index is 1840. The monoisotopic (exact) mass is 724 g/mol. The van der Waals surface area contributed by atoms with Gasteiger partial charge in [-0.2, -0.15) is 0 Å². The van der Waals surface area contributed by atoms with Gasteiger partial charge in [0.05, 0.1) is 24.7 Å². The number of alkyl carbamates (subject to hydrolysis) is 1. The van der Waals surface area contributed by atoms with Crippen molar-refractivity contribution in [3.05, 3.63) is 48.3 Å². The van der Waals surface area contributed by atoms with Crippen LogP contribution in [0, 0.1) is 11.8 Å². The molecule has 0 radical (unpaired) electrons. The summed E-state index contributed by atoms with van der Waals surface area (Å²) >= 11 is 0. The number of allylic oxidation sites excluding steroid dienone is 1. The zero-order chi connectivity index (χ0) is 36.5. The van der Waals surface area contributed by atoms with Crippen LogP contribution in [0.5, 0.6) is 5.75 Å². The van der Waals surface area contributed by atoms with E-state index in [1.807, 2.05) is 18.2 Å². The number of aromatic nitrogens is 4. The Morgan fingerprint density at radius 1 is 1.22 bits per heavy atom. The Hall–Kier alpha value is -4.80. The number of amides is 4. The second-order valence-electron chi connectivity index (χ2n) is 13.9. The topological polar surface area (TPSA) is 204 Å². The normalized spacial score (nSPS) is 27.5. The van der Waals surface area contributed by atoms with Crippen LogP contribution in [0.4, 0.5) is 4.79 Å². The van der Waals surface area contributed by atoms with Crippen molar-refractivity contribution in [2.24, 2.45) is 11.8 Å². The van der Waals surface area contributed by atoms with Gasteiger partial charge in [0.1, 0.15) is 23.4 Å². The lowest BCUT2D eigenvalue weighted by molar-refractivity contribution is -0.141. The van der Waals surface area contributed by atoms with Crippen molar-refractivity contribution in [1.82, 2.24) is 40.5 Å². The minimum atomic E-state index is -3.89. The number of methoxy groups -OCH3 is 1. The number of carbonyl (C=O) groups is 4. The summed E-state index contributed by atoms with van der Waals surface area (Å²) in [6, 6.07) is 3.30. The Morgan fingerprint density at radius 2 is 2.00 bits per heavy atom. The van der Waals surface area contributed by atoms with E-state index in [0.29, 0.717) is 30.7 Å². The van der Waals surface area contributed by atoms with Crippen molar-refractivity contribution in [3.63, 3.8) is 0 Å². The smallest absolute Gasteiger partial charge is 0.407 e. The number of fused-ring (bicyclic) bond motifs is 8. The summed E-state index contributed by atoms with van der Waals surface area (Å²) in [5.74, 6) is -2.52. The third kappa shape index (κ3) is 7.62. The summed E-state index contributed by atoms with van der Waals surface area (Å²) in [6.45, 7) is 7.46. The van der Waals surface area contributed by atoms with Crippen LogP contribution in [0.1, 0.15) is 76.1 Å². The molecule has 4 amide bonds. The number of tetrazole rings is 1. The number of hydrogen-bond donors (Lipinski definition) is 3.